The first kappa shape index (κ1) is 16.6. The maximum absolute atomic E-state index is 12.7. The minimum Gasteiger partial charge on any atom is -0.447 e. The number of ether oxygens (including phenoxy) is 1. The zero-order valence-corrected chi connectivity index (χ0v) is 15.3. The molecule has 0 saturated carbocycles. The topological polar surface area (TPSA) is 80.2 Å². The number of aryl methyl sites for hydroxylation is 1. The van der Waals surface area contributed by atoms with Crippen LogP contribution in [0, 0.1) is 0 Å². The Bertz CT molecular complexity index is 1220. The van der Waals surface area contributed by atoms with Gasteiger partial charge in [-0.1, -0.05) is 30.3 Å². The second-order valence-corrected chi connectivity index (χ2v) is 6.95. The number of amides is 1. The molecule has 0 aliphatic carbocycles. The summed E-state index contributed by atoms with van der Waals surface area (Å²) in [4.78, 5) is 29.9. The van der Waals surface area contributed by atoms with Crippen LogP contribution in [0.25, 0.3) is 21.7 Å². The Morgan fingerprint density at radius 1 is 1.18 bits per heavy atom. The van der Waals surface area contributed by atoms with Gasteiger partial charge in [0.25, 0.3) is 5.91 Å². The summed E-state index contributed by atoms with van der Waals surface area (Å²) in [5, 5.41) is 7.37. The van der Waals surface area contributed by atoms with Gasteiger partial charge in [-0.2, -0.15) is 5.10 Å². The van der Waals surface area contributed by atoms with E-state index >= 15 is 0 Å². The third-order valence-electron chi connectivity index (χ3n) is 5.13. The van der Waals surface area contributed by atoms with E-state index in [-0.39, 0.29) is 5.91 Å². The molecule has 1 amide bonds. The van der Waals surface area contributed by atoms with Crippen LogP contribution in [-0.4, -0.2) is 39.3 Å². The zero-order valence-electron chi connectivity index (χ0n) is 15.3. The van der Waals surface area contributed by atoms with Gasteiger partial charge in [-0.05, 0) is 22.9 Å². The van der Waals surface area contributed by atoms with Gasteiger partial charge in [0.15, 0.2) is 11.9 Å². The molecule has 1 aliphatic rings. The van der Waals surface area contributed by atoms with Crippen molar-refractivity contribution in [2.75, 3.05) is 11.4 Å². The average Bonchev–Trinajstić information content (AvgIpc) is 3.41. The Morgan fingerprint density at radius 2 is 2.04 bits per heavy atom. The van der Waals surface area contributed by atoms with Crippen LogP contribution in [0.3, 0.4) is 0 Å². The molecule has 1 atom stereocenters. The van der Waals surface area contributed by atoms with Crippen LogP contribution >= 0.6 is 0 Å². The standard InChI is InChI=1S/C21H18N4O3/c1-24-10-9-19(23-24)25-11-8-18(20(25)26)28-21(27)17-12-15-14-5-3-2-4-13(14)6-7-16(15)22-17/h2-7,9-10,12,18,22H,8,11H2,1H3. The molecule has 0 bridgehead atoms. The molecule has 2 aromatic heterocycles. The predicted octanol–water partition coefficient (Wildman–Crippen LogP) is 3.02. The molecule has 28 heavy (non-hydrogen) atoms. The largest absolute Gasteiger partial charge is 0.447 e. The van der Waals surface area contributed by atoms with E-state index in [1.165, 1.54) is 0 Å². The summed E-state index contributed by atoms with van der Waals surface area (Å²) in [6, 6.07) is 15.5. The van der Waals surface area contributed by atoms with Crippen molar-refractivity contribution in [1.29, 1.82) is 0 Å². The van der Waals surface area contributed by atoms with Gasteiger partial charge in [0.2, 0.25) is 0 Å². The fourth-order valence-electron chi connectivity index (χ4n) is 3.73. The SMILES string of the molecule is Cn1ccc(N2CCC(OC(=O)c3cc4c(ccc5ccccc54)[nH]3)C2=O)n1. The maximum atomic E-state index is 12.7. The first-order chi connectivity index (χ1) is 13.6. The third kappa shape index (κ3) is 2.63. The molecule has 1 N–H and O–H groups in total. The maximum Gasteiger partial charge on any atom is 0.355 e. The number of carbonyl (C=O) groups excluding carboxylic acids is 2. The zero-order chi connectivity index (χ0) is 19.3. The highest BCUT2D eigenvalue weighted by Gasteiger charge is 2.36. The summed E-state index contributed by atoms with van der Waals surface area (Å²) >= 11 is 0. The molecule has 0 spiro atoms. The average molecular weight is 374 g/mol. The number of nitrogens with one attached hydrogen (secondary N) is 1. The molecule has 7 heteroatoms. The van der Waals surface area contributed by atoms with Gasteiger partial charge in [-0.25, -0.2) is 4.79 Å². The fraction of sp³-hybridized carbons (Fsp3) is 0.190. The van der Waals surface area contributed by atoms with Crippen LogP contribution in [0.15, 0.2) is 54.7 Å². The Kier molecular flexibility index (Phi) is 3.68. The van der Waals surface area contributed by atoms with Crippen LogP contribution < -0.4 is 4.90 Å². The summed E-state index contributed by atoms with van der Waals surface area (Å²) in [5.74, 6) is -0.196. The number of benzene rings is 2. The first-order valence-corrected chi connectivity index (χ1v) is 9.12. The van der Waals surface area contributed by atoms with Crippen LogP contribution in [0.5, 0.6) is 0 Å². The minimum absolute atomic E-state index is 0.242. The van der Waals surface area contributed by atoms with Crippen LogP contribution in [0.1, 0.15) is 16.9 Å². The van der Waals surface area contributed by atoms with Gasteiger partial charge in [0.1, 0.15) is 5.69 Å². The number of H-pyrrole nitrogens is 1. The monoisotopic (exact) mass is 374 g/mol. The van der Waals surface area contributed by atoms with Crippen molar-refractivity contribution in [3.05, 3.63) is 60.4 Å². The quantitative estimate of drug-likeness (QED) is 0.559. The van der Waals surface area contributed by atoms with E-state index in [9.17, 15) is 9.59 Å². The second-order valence-electron chi connectivity index (χ2n) is 6.95. The van der Waals surface area contributed by atoms with E-state index in [4.69, 9.17) is 4.74 Å². The number of carbonyl (C=O) groups is 2. The Morgan fingerprint density at radius 3 is 2.86 bits per heavy atom. The van der Waals surface area contributed by atoms with Crippen LogP contribution in [0.2, 0.25) is 0 Å². The van der Waals surface area contributed by atoms with Gasteiger partial charge >= 0.3 is 5.97 Å². The third-order valence-corrected chi connectivity index (χ3v) is 5.13. The Hall–Kier alpha value is -3.61. The number of nitrogens with zero attached hydrogens (tertiary/aromatic N) is 3. The number of hydrogen-bond donors (Lipinski definition) is 1. The number of rotatable bonds is 3. The molecule has 140 valence electrons. The van der Waals surface area contributed by atoms with Gasteiger partial charge in [-0.15, -0.1) is 0 Å². The van der Waals surface area contributed by atoms with Crippen molar-refractivity contribution < 1.29 is 14.3 Å². The summed E-state index contributed by atoms with van der Waals surface area (Å²) in [6.45, 7) is 0.477. The number of fused-ring (bicyclic) bond motifs is 3. The number of hydrogen-bond acceptors (Lipinski definition) is 4. The van der Waals surface area contributed by atoms with E-state index in [0.717, 1.165) is 21.7 Å². The fourth-order valence-corrected chi connectivity index (χ4v) is 3.73. The molecule has 1 aliphatic heterocycles. The van der Waals surface area contributed by atoms with Crippen molar-refractivity contribution in [1.82, 2.24) is 14.8 Å². The van der Waals surface area contributed by atoms with Crippen molar-refractivity contribution in [3.63, 3.8) is 0 Å². The van der Waals surface area contributed by atoms with E-state index in [1.54, 1.807) is 35.0 Å². The van der Waals surface area contributed by atoms with Crippen molar-refractivity contribution in [2.45, 2.75) is 12.5 Å². The molecule has 3 heterocycles. The molecule has 4 aromatic rings. The summed E-state index contributed by atoms with van der Waals surface area (Å²) in [6.07, 6.45) is 1.43. The van der Waals surface area contributed by atoms with Crippen LogP contribution in [-0.2, 0) is 16.6 Å². The first-order valence-electron chi connectivity index (χ1n) is 9.12. The van der Waals surface area contributed by atoms with E-state index in [0.29, 0.717) is 24.5 Å². The lowest BCUT2D eigenvalue weighted by atomic mass is 10.1. The van der Waals surface area contributed by atoms with Crippen molar-refractivity contribution in [2.24, 2.45) is 7.05 Å². The highest BCUT2D eigenvalue weighted by molar-refractivity contribution is 6.09. The molecule has 1 fully saturated rings. The lowest BCUT2D eigenvalue weighted by molar-refractivity contribution is -0.124. The molecule has 2 aromatic carbocycles. The number of esters is 1. The normalized spacial score (nSPS) is 17.0. The number of aromatic amines is 1. The molecular formula is C21H18N4O3. The lowest BCUT2D eigenvalue weighted by Gasteiger charge is -2.13. The molecular weight excluding hydrogens is 356 g/mol. The van der Waals surface area contributed by atoms with Crippen molar-refractivity contribution in [3.8, 4) is 0 Å². The Labute approximate surface area is 160 Å². The molecule has 0 radical (unpaired) electrons. The van der Waals surface area contributed by atoms with Gasteiger partial charge in [0, 0.05) is 43.2 Å². The van der Waals surface area contributed by atoms with E-state index < -0.39 is 12.1 Å². The highest BCUT2D eigenvalue weighted by atomic mass is 16.5. The lowest BCUT2D eigenvalue weighted by Crippen LogP contribution is -2.32. The van der Waals surface area contributed by atoms with Crippen LogP contribution in [0.4, 0.5) is 5.82 Å². The summed E-state index contributed by atoms with van der Waals surface area (Å²) in [7, 11) is 1.79. The molecule has 1 unspecified atom stereocenters. The second kappa shape index (κ2) is 6.23. The van der Waals surface area contributed by atoms with Gasteiger partial charge < -0.3 is 9.72 Å². The van der Waals surface area contributed by atoms with E-state index in [2.05, 4.69) is 10.1 Å². The summed E-state index contributed by atoms with van der Waals surface area (Å²) in [5.41, 5.74) is 1.20. The highest BCUT2D eigenvalue weighted by Crippen LogP contribution is 2.27. The predicted molar refractivity (Wildman–Crippen MR) is 105 cm³/mol. The molecule has 5 rings (SSSR count). The van der Waals surface area contributed by atoms with Gasteiger partial charge in [0.05, 0.1) is 0 Å². The number of anilines is 1. The van der Waals surface area contributed by atoms with Crippen molar-refractivity contribution >= 4 is 39.4 Å². The number of aromatic nitrogens is 3. The van der Waals surface area contributed by atoms with E-state index in [1.807, 2.05) is 36.4 Å². The Balaban J connectivity index is 1.38. The van der Waals surface area contributed by atoms with Gasteiger partial charge in [-0.3, -0.25) is 14.4 Å². The molecule has 7 nitrogen and oxygen atoms in total. The summed E-state index contributed by atoms with van der Waals surface area (Å²) < 4.78 is 7.15. The minimum atomic E-state index is -0.794. The smallest absolute Gasteiger partial charge is 0.355 e. The molecule has 1 saturated heterocycles.